The number of aromatic nitrogens is 1. The minimum Gasteiger partial charge on any atom is -0.331 e. The monoisotopic (exact) mass is 315 g/mol. The zero-order chi connectivity index (χ0) is 15.5. The lowest BCUT2D eigenvalue weighted by molar-refractivity contribution is -0.136. The molecule has 0 bridgehead atoms. The molecule has 0 aliphatic carbocycles. The summed E-state index contributed by atoms with van der Waals surface area (Å²) in [6.07, 6.45) is -4.39. The molecule has 0 radical (unpaired) electrons. The lowest BCUT2D eigenvalue weighted by Crippen LogP contribution is -2.17. The summed E-state index contributed by atoms with van der Waals surface area (Å²) in [5.41, 5.74) is 0.136. The van der Waals surface area contributed by atoms with Gasteiger partial charge in [-0.05, 0) is 25.6 Å². The van der Waals surface area contributed by atoms with Crippen molar-refractivity contribution in [1.29, 1.82) is 0 Å². The third-order valence-electron chi connectivity index (χ3n) is 2.95. The quantitative estimate of drug-likeness (QED) is 0.848. The van der Waals surface area contributed by atoms with Gasteiger partial charge in [-0.2, -0.15) is 13.2 Å². The summed E-state index contributed by atoms with van der Waals surface area (Å²) in [6, 6.07) is 5.46. The summed E-state index contributed by atoms with van der Waals surface area (Å²) in [5.74, 6) is 0. The molecule has 0 aliphatic rings. The van der Waals surface area contributed by atoms with Crippen LogP contribution in [0.15, 0.2) is 29.6 Å². The highest BCUT2D eigenvalue weighted by Crippen LogP contribution is 2.36. The third kappa shape index (κ3) is 3.95. The second-order valence-corrected chi connectivity index (χ2v) is 5.38. The Morgan fingerprint density at radius 1 is 1.29 bits per heavy atom. The van der Waals surface area contributed by atoms with E-state index in [-0.39, 0.29) is 11.7 Å². The molecule has 1 atom stereocenters. The van der Waals surface area contributed by atoms with Gasteiger partial charge in [-0.3, -0.25) is 0 Å². The first-order valence-electron chi connectivity index (χ1n) is 6.54. The summed E-state index contributed by atoms with van der Waals surface area (Å²) < 4.78 is 38.8. The number of para-hydroxylation sites is 1. The minimum absolute atomic E-state index is 0.0157. The van der Waals surface area contributed by atoms with E-state index in [2.05, 4.69) is 15.6 Å². The molecule has 1 heterocycles. The summed E-state index contributed by atoms with van der Waals surface area (Å²) in [4.78, 5) is 4.32. The van der Waals surface area contributed by atoms with Gasteiger partial charge in [0.05, 0.1) is 16.9 Å². The number of thiazole rings is 1. The van der Waals surface area contributed by atoms with Gasteiger partial charge in [-0.25, -0.2) is 4.98 Å². The molecule has 1 unspecified atom stereocenters. The number of rotatable bonds is 5. The van der Waals surface area contributed by atoms with Crippen molar-refractivity contribution >= 4 is 22.2 Å². The predicted octanol–water partition coefficient (Wildman–Crippen LogP) is 4.58. The molecule has 1 aromatic heterocycles. The number of hydrogen-bond donors (Lipinski definition) is 2. The van der Waals surface area contributed by atoms with Crippen LogP contribution in [0.3, 0.4) is 0 Å². The van der Waals surface area contributed by atoms with Crippen molar-refractivity contribution in [3.05, 3.63) is 40.9 Å². The van der Waals surface area contributed by atoms with Gasteiger partial charge in [-0.1, -0.05) is 19.1 Å². The van der Waals surface area contributed by atoms with E-state index in [0.29, 0.717) is 5.13 Å². The second-order valence-electron chi connectivity index (χ2n) is 4.53. The zero-order valence-electron chi connectivity index (χ0n) is 11.7. The van der Waals surface area contributed by atoms with Gasteiger partial charge in [0.25, 0.3) is 0 Å². The van der Waals surface area contributed by atoms with Crippen LogP contribution < -0.4 is 10.6 Å². The Morgan fingerprint density at radius 2 is 2.00 bits per heavy atom. The maximum Gasteiger partial charge on any atom is 0.418 e. The first-order valence-corrected chi connectivity index (χ1v) is 7.42. The largest absolute Gasteiger partial charge is 0.418 e. The third-order valence-corrected chi connectivity index (χ3v) is 3.73. The van der Waals surface area contributed by atoms with Gasteiger partial charge in [0.1, 0.15) is 0 Å². The number of alkyl halides is 3. The van der Waals surface area contributed by atoms with E-state index in [4.69, 9.17) is 0 Å². The number of anilines is 2. The second kappa shape index (κ2) is 6.44. The molecule has 2 N–H and O–H groups in total. The van der Waals surface area contributed by atoms with Crippen molar-refractivity contribution in [2.24, 2.45) is 0 Å². The first kappa shape index (κ1) is 15.8. The molecule has 114 valence electrons. The summed E-state index contributed by atoms with van der Waals surface area (Å²) >= 11 is 1.29. The highest BCUT2D eigenvalue weighted by molar-refractivity contribution is 7.13. The molecule has 1 aromatic carbocycles. The van der Waals surface area contributed by atoms with E-state index >= 15 is 0 Å². The molecule has 0 amide bonds. The smallest absolute Gasteiger partial charge is 0.331 e. The summed E-state index contributed by atoms with van der Waals surface area (Å²) in [5, 5.41) is 8.26. The molecule has 0 fully saturated rings. The maximum absolute atomic E-state index is 12.9. The number of nitrogens with zero attached hydrogens (tertiary/aromatic N) is 1. The number of benzene rings is 1. The molecule has 2 rings (SSSR count). The lowest BCUT2D eigenvalue weighted by atomic mass is 10.2. The SMILES string of the molecule is CCNC(C)c1csc(Nc2ccccc2C(F)(F)F)n1. The van der Waals surface area contributed by atoms with Crippen molar-refractivity contribution in [2.75, 3.05) is 11.9 Å². The average Bonchev–Trinajstić information content (AvgIpc) is 2.87. The fraction of sp³-hybridized carbons (Fsp3) is 0.357. The van der Waals surface area contributed by atoms with Gasteiger partial charge in [-0.15, -0.1) is 11.3 Å². The van der Waals surface area contributed by atoms with E-state index in [9.17, 15) is 13.2 Å². The predicted molar refractivity (Wildman–Crippen MR) is 78.9 cm³/mol. The Hall–Kier alpha value is -1.60. The van der Waals surface area contributed by atoms with E-state index in [1.54, 1.807) is 6.07 Å². The van der Waals surface area contributed by atoms with Gasteiger partial charge >= 0.3 is 6.18 Å². The summed E-state index contributed by atoms with van der Waals surface area (Å²) in [7, 11) is 0. The Balaban J connectivity index is 2.20. The maximum atomic E-state index is 12.9. The highest BCUT2D eigenvalue weighted by Gasteiger charge is 2.33. The molecular formula is C14H16F3N3S. The fourth-order valence-electron chi connectivity index (χ4n) is 1.91. The normalized spacial score (nSPS) is 13.2. The average molecular weight is 315 g/mol. The Labute approximate surface area is 125 Å². The van der Waals surface area contributed by atoms with Crippen molar-refractivity contribution in [3.8, 4) is 0 Å². The van der Waals surface area contributed by atoms with E-state index in [0.717, 1.165) is 18.3 Å². The topological polar surface area (TPSA) is 37.0 Å². The van der Waals surface area contributed by atoms with Gasteiger partial charge < -0.3 is 10.6 Å². The molecule has 0 saturated heterocycles. The Kier molecular flexibility index (Phi) is 4.84. The van der Waals surface area contributed by atoms with Crippen molar-refractivity contribution < 1.29 is 13.2 Å². The van der Waals surface area contributed by atoms with E-state index in [1.807, 2.05) is 19.2 Å². The van der Waals surface area contributed by atoms with Crippen LogP contribution in [0, 0.1) is 0 Å². The van der Waals surface area contributed by atoms with Crippen LogP contribution in [0.25, 0.3) is 0 Å². The molecular weight excluding hydrogens is 299 g/mol. The van der Waals surface area contributed by atoms with Crippen LogP contribution in [0.1, 0.15) is 31.1 Å². The molecule has 21 heavy (non-hydrogen) atoms. The van der Waals surface area contributed by atoms with Crippen LogP contribution >= 0.6 is 11.3 Å². The van der Waals surface area contributed by atoms with Gasteiger partial charge in [0.15, 0.2) is 5.13 Å². The van der Waals surface area contributed by atoms with Crippen LogP contribution in [0.2, 0.25) is 0 Å². The van der Waals surface area contributed by atoms with Crippen LogP contribution in [-0.4, -0.2) is 11.5 Å². The van der Waals surface area contributed by atoms with Crippen LogP contribution in [-0.2, 0) is 6.18 Å². The zero-order valence-corrected chi connectivity index (χ0v) is 12.5. The molecule has 0 spiro atoms. The fourth-order valence-corrected chi connectivity index (χ4v) is 2.72. The Morgan fingerprint density at radius 3 is 2.67 bits per heavy atom. The minimum atomic E-state index is -4.39. The number of hydrogen-bond acceptors (Lipinski definition) is 4. The highest BCUT2D eigenvalue weighted by atomic mass is 32.1. The van der Waals surface area contributed by atoms with Crippen LogP contribution in [0.5, 0.6) is 0 Å². The lowest BCUT2D eigenvalue weighted by Gasteiger charge is -2.13. The van der Waals surface area contributed by atoms with Crippen molar-refractivity contribution in [1.82, 2.24) is 10.3 Å². The van der Waals surface area contributed by atoms with E-state index < -0.39 is 11.7 Å². The molecule has 0 aliphatic heterocycles. The van der Waals surface area contributed by atoms with Crippen molar-refractivity contribution in [3.63, 3.8) is 0 Å². The molecule has 0 saturated carbocycles. The number of nitrogens with one attached hydrogen (secondary N) is 2. The first-order chi connectivity index (χ1) is 9.91. The van der Waals surface area contributed by atoms with Crippen molar-refractivity contribution in [2.45, 2.75) is 26.1 Å². The summed E-state index contributed by atoms with van der Waals surface area (Å²) in [6.45, 7) is 4.76. The van der Waals surface area contributed by atoms with E-state index in [1.165, 1.54) is 23.5 Å². The Bertz CT molecular complexity index is 595. The van der Waals surface area contributed by atoms with Crippen LogP contribution in [0.4, 0.5) is 24.0 Å². The van der Waals surface area contributed by atoms with Gasteiger partial charge in [0, 0.05) is 11.4 Å². The molecule has 7 heteroatoms. The number of halogens is 3. The molecule has 3 nitrogen and oxygen atoms in total. The van der Waals surface area contributed by atoms with Gasteiger partial charge in [0.2, 0.25) is 0 Å². The molecule has 2 aromatic rings. The standard InChI is InChI=1S/C14H16F3N3S/c1-3-18-9(2)12-8-21-13(20-12)19-11-7-5-4-6-10(11)14(15,16)17/h4-9,18H,3H2,1-2H3,(H,19,20).